The molecule has 0 saturated heterocycles. The first-order chi connectivity index (χ1) is 16.2. The van der Waals surface area contributed by atoms with Gasteiger partial charge >= 0.3 is 207 Å². The van der Waals surface area contributed by atoms with Gasteiger partial charge in [0.2, 0.25) is 0 Å². The zero-order valence-corrected chi connectivity index (χ0v) is 21.8. The zero-order valence-electron chi connectivity index (χ0n) is 20.4. The van der Waals surface area contributed by atoms with E-state index >= 15 is 0 Å². The van der Waals surface area contributed by atoms with Gasteiger partial charge in [-0.05, 0) is 0 Å². The van der Waals surface area contributed by atoms with Gasteiger partial charge in [-0.2, -0.15) is 0 Å². The van der Waals surface area contributed by atoms with Crippen molar-refractivity contribution in [2.24, 2.45) is 0 Å². The van der Waals surface area contributed by atoms with Gasteiger partial charge in [-0.15, -0.1) is 0 Å². The second-order valence-electron chi connectivity index (χ2n) is 8.36. The number of fused-ring (bicyclic) bond motifs is 1. The molecule has 0 spiro atoms. The third-order valence-electron chi connectivity index (χ3n) is 5.27. The summed E-state index contributed by atoms with van der Waals surface area (Å²) >= 11 is 2.59. The molecule has 0 aliphatic carbocycles. The van der Waals surface area contributed by atoms with Crippen molar-refractivity contribution in [1.29, 1.82) is 0 Å². The molecule has 35 heavy (non-hydrogen) atoms. The van der Waals surface area contributed by atoms with Crippen LogP contribution in [0.5, 0.6) is 6.01 Å². The average molecular weight is 509 g/mol. The Kier molecular flexibility index (Phi) is 8.15. The van der Waals surface area contributed by atoms with Crippen LogP contribution in [-0.2, 0) is 17.0 Å². The molecule has 0 fully saturated rings. The number of nitrogens with zero attached hydrogens (tertiary/aromatic N) is 2. The number of ether oxygens (including phenoxy) is 1. The van der Waals surface area contributed by atoms with Gasteiger partial charge in [-0.25, -0.2) is 0 Å². The molecule has 0 aliphatic rings. The standard InChI is InChI=1S/C26H25N3O4.CH3.V/c1-15(2)32-26-27-13-19(14-28-26)23-10-9-18-11-16(3)12-21(24(18)33-23)17(4)29-22-8-6-5-7-20(22)25(30)31;;/h5-8,10-15,17,29H,1-4H3,(H,30,31);1H3;/q;-1;. The first-order valence-corrected chi connectivity index (χ1v) is 11.6. The van der Waals surface area contributed by atoms with Gasteiger partial charge in [0.25, 0.3) is 0 Å². The Morgan fingerprint density at radius 2 is 1.80 bits per heavy atom. The Labute approximate surface area is 213 Å². The van der Waals surface area contributed by atoms with Gasteiger partial charge in [0, 0.05) is 0 Å². The van der Waals surface area contributed by atoms with Crippen molar-refractivity contribution in [3.63, 3.8) is 0 Å². The minimum absolute atomic E-state index is 0. The van der Waals surface area contributed by atoms with Crippen molar-refractivity contribution >= 4 is 22.6 Å². The SMILES string of the molecule is Cc1cc(C(C)Nc2ccccc2C(=O)O)c2oc(-c3cnc(OC(C)C)nc3)c[c](=[V])c2c1.[CH3-]. The third-order valence-corrected chi connectivity index (χ3v) is 5.85. The summed E-state index contributed by atoms with van der Waals surface area (Å²) in [6.45, 7) is 7.86. The number of rotatable bonds is 7. The Morgan fingerprint density at radius 3 is 2.46 bits per heavy atom. The molecule has 2 aromatic carbocycles. The predicted molar refractivity (Wildman–Crippen MR) is 133 cm³/mol. The summed E-state index contributed by atoms with van der Waals surface area (Å²) in [6.07, 6.45) is 3.35. The van der Waals surface area contributed by atoms with E-state index in [4.69, 9.17) is 9.15 Å². The summed E-state index contributed by atoms with van der Waals surface area (Å²) in [7, 11) is 0. The van der Waals surface area contributed by atoms with Crippen molar-refractivity contribution in [2.45, 2.75) is 39.8 Å². The van der Waals surface area contributed by atoms with Crippen molar-refractivity contribution < 1.29 is 36.0 Å². The summed E-state index contributed by atoms with van der Waals surface area (Å²) in [5.41, 5.74) is 4.22. The molecule has 4 aromatic rings. The number of aromatic nitrogens is 2. The van der Waals surface area contributed by atoms with Gasteiger partial charge in [-0.3, -0.25) is 0 Å². The Hall–Kier alpha value is -3.42. The number of para-hydroxylation sites is 1. The molecule has 0 bridgehead atoms. The molecular weight excluding hydrogens is 481 g/mol. The molecule has 1 atom stereocenters. The molecule has 0 amide bonds. The molecule has 1 unspecified atom stereocenters. The smallest absolute Gasteiger partial charge is 0.358 e. The number of carbonyl (C=O) groups is 1. The van der Waals surface area contributed by atoms with E-state index in [1.807, 2.05) is 39.8 Å². The Morgan fingerprint density at radius 1 is 1.11 bits per heavy atom. The Balaban J connectivity index is 0.00000342. The van der Waals surface area contributed by atoms with Gasteiger partial charge in [0.1, 0.15) is 0 Å². The van der Waals surface area contributed by atoms with Gasteiger partial charge in [0.15, 0.2) is 0 Å². The van der Waals surface area contributed by atoms with Crippen LogP contribution in [0.4, 0.5) is 5.69 Å². The molecule has 8 heteroatoms. The van der Waals surface area contributed by atoms with Gasteiger partial charge in [0.05, 0.1) is 0 Å². The van der Waals surface area contributed by atoms with Crippen molar-refractivity contribution in [2.75, 3.05) is 5.32 Å². The first-order valence-electron chi connectivity index (χ1n) is 10.9. The number of nitrogens with one attached hydrogen (secondary N) is 1. The maximum atomic E-state index is 11.7. The molecule has 2 N–H and O–H groups in total. The summed E-state index contributed by atoms with van der Waals surface area (Å²) < 4.78 is 12.9. The van der Waals surface area contributed by atoms with E-state index in [1.54, 1.807) is 30.6 Å². The number of hydrogen-bond acceptors (Lipinski definition) is 6. The molecule has 0 saturated carbocycles. The number of anilines is 1. The summed E-state index contributed by atoms with van der Waals surface area (Å²) in [5, 5.41) is 13.9. The fourth-order valence-electron chi connectivity index (χ4n) is 3.73. The van der Waals surface area contributed by atoms with Crippen LogP contribution in [-0.4, -0.2) is 27.1 Å². The average Bonchev–Trinajstić information content (AvgIpc) is 2.79. The number of aromatic carboxylic acids is 1. The van der Waals surface area contributed by atoms with E-state index in [1.165, 1.54) is 0 Å². The number of carboxylic acids is 1. The quantitative estimate of drug-likeness (QED) is 0.279. The molecule has 4 rings (SSSR count). The topological polar surface area (TPSA) is 97.5 Å². The third kappa shape index (κ3) is 5.81. The molecule has 0 radical (unpaired) electrons. The predicted octanol–water partition coefficient (Wildman–Crippen LogP) is 6.39. The van der Waals surface area contributed by atoms with Crippen LogP contribution in [0.3, 0.4) is 0 Å². The number of hydrogen-bond donors (Lipinski definition) is 2. The number of aryl methyl sites for hydroxylation is 1. The van der Waals surface area contributed by atoms with Gasteiger partial charge < -0.3 is 7.43 Å². The minimum Gasteiger partial charge on any atom is -0.358 e. The second-order valence-corrected chi connectivity index (χ2v) is 9.12. The number of benzene rings is 2. The maximum Gasteiger partial charge on any atom is -0.358 e. The second kappa shape index (κ2) is 10.9. The molecule has 181 valence electrons. The van der Waals surface area contributed by atoms with Crippen molar-refractivity contribution in [3.8, 4) is 17.3 Å². The fraction of sp³-hybridized carbons (Fsp3) is 0.222. The maximum absolute atomic E-state index is 11.7. The summed E-state index contributed by atoms with van der Waals surface area (Å²) in [6, 6.07) is 13.1. The van der Waals surface area contributed by atoms with Crippen molar-refractivity contribution in [1.82, 2.24) is 9.97 Å². The Bertz CT molecular complexity index is 1410. The summed E-state index contributed by atoms with van der Waals surface area (Å²) in [4.78, 5) is 20.2. The van der Waals surface area contributed by atoms with Crippen LogP contribution in [0.25, 0.3) is 22.3 Å². The van der Waals surface area contributed by atoms with Crippen LogP contribution >= 0.6 is 0 Å². The largest absolute Gasteiger partial charge is 0.358 e. The molecule has 2 aromatic heterocycles. The molecular formula is C27H28N3O4V-. The molecule has 7 nitrogen and oxygen atoms in total. The molecule has 0 aliphatic heterocycles. The van der Waals surface area contributed by atoms with E-state index in [0.29, 0.717) is 23.0 Å². The van der Waals surface area contributed by atoms with E-state index in [-0.39, 0.29) is 25.1 Å². The summed E-state index contributed by atoms with van der Waals surface area (Å²) in [5.74, 6) is -0.350. The number of carboxylic acid groups (broad SMARTS) is 1. The normalized spacial score (nSPS) is 11.7. The first kappa shape index (κ1) is 26.2. The van der Waals surface area contributed by atoms with E-state index < -0.39 is 5.97 Å². The van der Waals surface area contributed by atoms with Crippen LogP contribution in [0.15, 0.2) is 59.3 Å². The van der Waals surface area contributed by atoms with E-state index in [9.17, 15) is 9.90 Å². The van der Waals surface area contributed by atoms with Crippen LogP contribution < -0.4 is 10.1 Å². The van der Waals surface area contributed by atoms with Crippen LogP contribution in [0, 0.1) is 18.2 Å². The fourth-order valence-corrected chi connectivity index (χ4v) is 4.17. The van der Waals surface area contributed by atoms with E-state index in [2.05, 4.69) is 44.4 Å². The van der Waals surface area contributed by atoms with E-state index in [0.717, 1.165) is 25.9 Å². The van der Waals surface area contributed by atoms with Crippen molar-refractivity contribution in [3.05, 3.63) is 82.8 Å². The minimum atomic E-state index is -0.977. The van der Waals surface area contributed by atoms with Gasteiger partial charge in [-0.1, -0.05) is 0 Å². The van der Waals surface area contributed by atoms with Crippen LogP contribution in [0.2, 0.25) is 0 Å². The monoisotopic (exact) mass is 509 g/mol. The molecule has 2 heterocycles. The van der Waals surface area contributed by atoms with Crippen LogP contribution in [0.1, 0.15) is 48.3 Å². The zero-order chi connectivity index (χ0) is 24.4.